The second-order valence-electron chi connectivity index (χ2n) is 4.93. The molecular formula is C15H18N2O3. The Balaban J connectivity index is 2.20. The lowest BCUT2D eigenvalue weighted by Crippen LogP contribution is -2.13. The molecule has 0 saturated heterocycles. The Bertz CT molecular complexity index is 617. The van der Waals surface area contributed by atoms with Gasteiger partial charge in [0, 0.05) is 12.0 Å². The van der Waals surface area contributed by atoms with Crippen LogP contribution < -0.4 is 10.1 Å². The lowest BCUT2D eigenvalue weighted by molar-refractivity contribution is 0.101. The van der Waals surface area contributed by atoms with Gasteiger partial charge in [0.05, 0.1) is 12.8 Å². The number of hydrogen-bond donors (Lipinski definition) is 1. The number of hydrogen-bond acceptors (Lipinski definition) is 4. The largest absolute Gasteiger partial charge is 0.495 e. The van der Waals surface area contributed by atoms with Gasteiger partial charge in [-0.3, -0.25) is 4.79 Å². The molecule has 0 aliphatic heterocycles. The number of nitrogens with one attached hydrogen (secondary N) is 1. The monoisotopic (exact) mass is 274 g/mol. The summed E-state index contributed by atoms with van der Waals surface area (Å²) in [5.41, 5.74) is 1.91. The SMILES string of the molecule is COc1ccc(C)cc1NC(=O)c1cc(C(C)C)on1. The summed E-state index contributed by atoms with van der Waals surface area (Å²) in [6, 6.07) is 7.23. The lowest BCUT2D eigenvalue weighted by Gasteiger charge is -2.09. The molecule has 0 unspecified atom stereocenters. The maximum atomic E-state index is 12.1. The Morgan fingerprint density at radius 1 is 1.35 bits per heavy atom. The summed E-state index contributed by atoms with van der Waals surface area (Å²) in [5, 5.41) is 6.57. The number of anilines is 1. The zero-order valence-electron chi connectivity index (χ0n) is 12.1. The molecule has 0 fully saturated rings. The maximum absolute atomic E-state index is 12.1. The molecule has 5 nitrogen and oxygen atoms in total. The van der Waals surface area contributed by atoms with Crippen molar-refractivity contribution in [2.75, 3.05) is 12.4 Å². The summed E-state index contributed by atoms with van der Waals surface area (Å²) in [6.07, 6.45) is 0. The van der Waals surface area contributed by atoms with Gasteiger partial charge < -0.3 is 14.6 Å². The third-order valence-electron chi connectivity index (χ3n) is 2.93. The average molecular weight is 274 g/mol. The predicted molar refractivity (Wildman–Crippen MR) is 76.3 cm³/mol. The van der Waals surface area contributed by atoms with Crippen molar-refractivity contribution in [3.05, 3.63) is 41.3 Å². The van der Waals surface area contributed by atoms with Gasteiger partial charge in [-0.1, -0.05) is 25.1 Å². The number of benzene rings is 1. The summed E-state index contributed by atoms with van der Waals surface area (Å²) in [4.78, 5) is 12.1. The molecule has 1 amide bonds. The van der Waals surface area contributed by atoms with E-state index in [-0.39, 0.29) is 17.5 Å². The second kappa shape index (κ2) is 5.77. The minimum Gasteiger partial charge on any atom is -0.495 e. The number of rotatable bonds is 4. The average Bonchev–Trinajstić information content (AvgIpc) is 2.89. The van der Waals surface area contributed by atoms with E-state index in [1.807, 2.05) is 39.0 Å². The summed E-state index contributed by atoms with van der Waals surface area (Å²) in [7, 11) is 1.56. The quantitative estimate of drug-likeness (QED) is 0.928. The van der Waals surface area contributed by atoms with E-state index in [1.165, 1.54) is 0 Å². The van der Waals surface area contributed by atoms with E-state index in [0.717, 1.165) is 5.56 Å². The molecule has 0 aliphatic carbocycles. The highest BCUT2D eigenvalue weighted by atomic mass is 16.5. The molecule has 0 bridgehead atoms. The number of carbonyl (C=O) groups excluding carboxylic acids is 1. The van der Waals surface area contributed by atoms with Crippen molar-refractivity contribution in [1.82, 2.24) is 5.16 Å². The first-order valence-electron chi connectivity index (χ1n) is 6.44. The summed E-state index contributed by atoms with van der Waals surface area (Å²) < 4.78 is 10.3. The number of aryl methyl sites for hydroxylation is 1. The number of nitrogens with zero attached hydrogens (tertiary/aromatic N) is 1. The minimum absolute atomic E-state index is 0.192. The number of ether oxygens (including phenoxy) is 1. The number of methoxy groups -OCH3 is 1. The van der Waals surface area contributed by atoms with Gasteiger partial charge in [-0.15, -0.1) is 0 Å². The zero-order chi connectivity index (χ0) is 14.7. The molecule has 2 rings (SSSR count). The van der Waals surface area contributed by atoms with Crippen LogP contribution in [0.1, 0.15) is 41.6 Å². The Morgan fingerprint density at radius 2 is 2.10 bits per heavy atom. The first kappa shape index (κ1) is 14.1. The van der Waals surface area contributed by atoms with Crippen molar-refractivity contribution in [3.63, 3.8) is 0 Å². The second-order valence-corrected chi connectivity index (χ2v) is 4.93. The van der Waals surface area contributed by atoms with E-state index in [9.17, 15) is 4.79 Å². The summed E-state index contributed by atoms with van der Waals surface area (Å²) in [6.45, 7) is 5.90. The smallest absolute Gasteiger partial charge is 0.277 e. The number of aromatic nitrogens is 1. The van der Waals surface area contributed by atoms with Crippen LogP contribution in [-0.4, -0.2) is 18.2 Å². The Kier molecular flexibility index (Phi) is 4.08. The fourth-order valence-electron chi connectivity index (χ4n) is 1.77. The van der Waals surface area contributed by atoms with Gasteiger partial charge in [-0.25, -0.2) is 0 Å². The summed E-state index contributed by atoms with van der Waals surface area (Å²) >= 11 is 0. The van der Waals surface area contributed by atoms with E-state index in [4.69, 9.17) is 9.26 Å². The van der Waals surface area contributed by atoms with E-state index >= 15 is 0 Å². The van der Waals surface area contributed by atoms with Crippen molar-refractivity contribution < 1.29 is 14.1 Å². The fourth-order valence-corrected chi connectivity index (χ4v) is 1.77. The predicted octanol–water partition coefficient (Wildman–Crippen LogP) is 3.37. The van der Waals surface area contributed by atoms with Crippen LogP contribution in [0.3, 0.4) is 0 Å². The highest BCUT2D eigenvalue weighted by Crippen LogP contribution is 2.26. The third-order valence-corrected chi connectivity index (χ3v) is 2.93. The van der Waals surface area contributed by atoms with Gasteiger partial charge in [0.2, 0.25) is 0 Å². The number of carbonyl (C=O) groups is 1. The van der Waals surface area contributed by atoms with Gasteiger partial charge in [-0.2, -0.15) is 0 Å². The van der Waals surface area contributed by atoms with Gasteiger partial charge in [0.15, 0.2) is 5.69 Å². The van der Waals surface area contributed by atoms with E-state index in [0.29, 0.717) is 17.2 Å². The van der Waals surface area contributed by atoms with E-state index in [1.54, 1.807) is 13.2 Å². The van der Waals surface area contributed by atoms with Crippen LogP contribution in [0.2, 0.25) is 0 Å². The third kappa shape index (κ3) is 2.99. The van der Waals surface area contributed by atoms with Crippen molar-refractivity contribution in [3.8, 4) is 5.75 Å². The topological polar surface area (TPSA) is 64.4 Å². The molecule has 1 N–H and O–H groups in total. The molecule has 0 radical (unpaired) electrons. The maximum Gasteiger partial charge on any atom is 0.277 e. The molecule has 0 aliphatic rings. The highest BCUT2D eigenvalue weighted by Gasteiger charge is 2.16. The molecule has 5 heteroatoms. The Morgan fingerprint density at radius 3 is 2.70 bits per heavy atom. The molecule has 1 heterocycles. The fraction of sp³-hybridized carbons (Fsp3) is 0.333. The van der Waals surface area contributed by atoms with Crippen molar-refractivity contribution in [2.45, 2.75) is 26.7 Å². The van der Waals surface area contributed by atoms with Crippen LogP contribution >= 0.6 is 0 Å². The summed E-state index contributed by atoms with van der Waals surface area (Å²) in [5.74, 6) is 1.17. The van der Waals surface area contributed by atoms with Crippen LogP contribution in [0.15, 0.2) is 28.8 Å². The molecule has 20 heavy (non-hydrogen) atoms. The molecule has 1 aromatic heterocycles. The van der Waals surface area contributed by atoms with Crippen LogP contribution in [0.25, 0.3) is 0 Å². The van der Waals surface area contributed by atoms with Crippen LogP contribution in [0.4, 0.5) is 5.69 Å². The van der Waals surface area contributed by atoms with Gasteiger partial charge in [0.1, 0.15) is 11.5 Å². The van der Waals surface area contributed by atoms with Gasteiger partial charge >= 0.3 is 0 Å². The first-order chi connectivity index (χ1) is 9.51. The van der Waals surface area contributed by atoms with Gasteiger partial charge in [-0.05, 0) is 24.6 Å². The van der Waals surface area contributed by atoms with Crippen LogP contribution in [-0.2, 0) is 0 Å². The molecule has 0 spiro atoms. The molecule has 106 valence electrons. The van der Waals surface area contributed by atoms with Crippen molar-refractivity contribution in [1.29, 1.82) is 0 Å². The van der Waals surface area contributed by atoms with Crippen molar-refractivity contribution >= 4 is 11.6 Å². The minimum atomic E-state index is -0.315. The van der Waals surface area contributed by atoms with Crippen LogP contribution in [0.5, 0.6) is 5.75 Å². The zero-order valence-corrected chi connectivity index (χ0v) is 12.1. The number of amides is 1. The normalized spacial score (nSPS) is 10.7. The van der Waals surface area contributed by atoms with E-state index < -0.39 is 0 Å². The standard InChI is InChI=1S/C15H18N2O3/c1-9(2)14-8-12(17-20-14)15(18)16-11-7-10(3)5-6-13(11)19-4/h5-9H,1-4H3,(H,16,18). The molecule has 0 saturated carbocycles. The van der Waals surface area contributed by atoms with Gasteiger partial charge in [0.25, 0.3) is 5.91 Å². The highest BCUT2D eigenvalue weighted by molar-refractivity contribution is 6.03. The Labute approximate surface area is 117 Å². The van der Waals surface area contributed by atoms with E-state index in [2.05, 4.69) is 10.5 Å². The first-order valence-corrected chi connectivity index (χ1v) is 6.44. The molecule has 0 atom stereocenters. The molecule has 1 aromatic carbocycles. The molecule has 2 aromatic rings. The Hall–Kier alpha value is -2.30. The lowest BCUT2D eigenvalue weighted by atomic mass is 10.1. The van der Waals surface area contributed by atoms with Crippen LogP contribution in [0, 0.1) is 6.92 Å². The van der Waals surface area contributed by atoms with Crippen molar-refractivity contribution in [2.24, 2.45) is 0 Å². The molecular weight excluding hydrogens is 256 g/mol.